The molecule has 3 heteroatoms. The molecule has 0 saturated carbocycles. The average Bonchev–Trinajstić information content (AvgIpc) is 2.37. The molecule has 3 rings (SSSR count). The van der Waals surface area contributed by atoms with Crippen molar-refractivity contribution in [2.75, 3.05) is 13.2 Å². The maximum absolute atomic E-state index is 5.94. The number of fused-ring (bicyclic) bond motifs is 1. The van der Waals surface area contributed by atoms with Crippen LogP contribution in [0.3, 0.4) is 0 Å². The van der Waals surface area contributed by atoms with E-state index < -0.39 is 5.79 Å². The summed E-state index contributed by atoms with van der Waals surface area (Å²) in [7, 11) is 0. The Morgan fingerprint density at radius 1 is 1.26 bits per heavy atom. The van der Waals surface area contributed by atoms with E-state index >= 15 is 0 Å². The SMILES string of the molecule is C[C@H]1OC(C)(C)OC[C@H]1[N+]1=Cc2ccccc2CC1. The minimum atomic E-state index is -0.455. The van der Waals surface area contributed by atoms with Gasteiger partial charge in [0.25, 0.3) is 0 Å². The van der Waals surface area contributed by atoms with Crippen molar-refractivity contribution in [2.45, 2.75) is 45.1 Å². The first kappa shape index (κ1) is 12.8. The van der Waals surface area contributed by atoms with Gasteiger partial charge in [-0.2, -0.15) is 0 Å². The van der Waals surface area contributed by atoms with E-state index in [2.05, 4.69) is 42.0 Å². The van der Waals surface area contributed by atoms with Gasteiger partial charge < -0.3 is 9.47 Å². The van der Waals surface area contributed by atoms with Gasteiger partial charge in [0.15, 0.2) is 12.0 Å². The minimum absolute atomic E-state index is 0.185. The predicted octanol–water partition coefficient (Wildman–Crippen LogP) is 2.21. The molecule has 0 bridgehead atoms. The standard InChI is InChI=1S/C16H22NO2/c1-12-15(11-18-16(2,3)19-12)17-9-8-13-6-4-5-7-14(13)10-17/h4-7,10,12,15H,8-9,11H2,1-3H3/q+1/t12-,15-/m1/s1. The van der Waals surface area contributed by atoms with Crippen LogP contribution in [0.25, 0.3) is 0 Å². The molecule has 19 heavy (non-hydrogen) atoms. The number of nitrogens with zero attached hydrogens (tertiary/aromatic N) is 1. The number of rotatable bonds is 1. The van der Waals surface area contributed by atoms with Crippen LogP contribution in [-0.2, 0) is 15.9 Å². The van der Waals surface area contributed by atoms with Crippen LogP contribution in [0.15, 0.2) is 24.3 Å². The van der Waals surface area contributed by atoms with Crippen molar-refractivity contribution in [3.63, 3.8) is 0 Å². The van der Waals surface area contributed by atoms with E-state index in [0.717, 1.165) is 19.6 Å². The van der Waals surface area contributed by atoms with Gasteiger partial charge in [0.2, 0.25) is 6.04 Å². The quantitative estimate of drug-likeness (QED) is 0.722. The molecule has 0 N–H and O–H groups in total. The van der Waals surface area contributed by atoms with Gasteiger partial charge in [0.05, 0.1) is 0 Å². The summed E-state index contributed by atoms with van der Waals surface area (Å²) < 4.78 is 14.1. The molecule has 0 aromatic heterocycles. The molecule has 2 aliphatic rings. The molecular formula is C16H22NO2+. The molecule has 1 aromatic rings. The van der Waals surface area contributed by atoms with Gasteiger partial charge >= 0.3 is 0 Å². The lowest BCUT2D eigenvalue weighted by Gasteiger charge is -2.38. The number of ether oxygens (including phenoxy) is 2. The molecule has 1 aromatic carbocycles. The second kappa shape index (κ2) is 4.73. The van der Waals surface area contributed by atoms with Crippen LogP contribution in [0, 0.1) is 0 Å². The van der Waals surface area contributed by atoms with Crippen molar-refractivity contribution in [1.82, 2.24) is 0 Å². The Bertz CT molecular complexity index is 507. The molecule has 0 amide bonds. The molecular weight excluding hydrogens is 238 g/mol. The molecule has 2 aliphatic heterocycles. The summed E-state index contributed by atoms with van der Waals surface area (Å²) in [6.45, 7) is 7.87. The van der Waals surface area contributed by atoms with E-state index in [0.29, 0.717) is 6.04 Å². The smallest absolute Gasteiger partial charge is 0.201 e. The third-order valence-corrected chi connectivity index (χ3v) is 4.04. The molecule has 1 fully saturated rings. The topological polar surface area (TPSA) is 21.5 Å². The average molecular weight is 260 g/mol. The van der Waals surface area contributed by atoms with Crippen molar-refractivity contribution in [3.05, 3.63) is 35.4 Å². The third-order valence-electron chi connectivity index (χ3n) is 4.04. The molecule has 0 aliphatic carbocycles. The fraction of sp³-hybridized carbons (Fsp3) is 0.562. The lowest BCUT2D eigenvalue weighted by atomic mass is 10.0. The normalized spacial score (nSPS) is 29.5. The first-order valence-corrected chi connectivity index (χ1v) is 7.05. The van der Waals surface area contributed by atoms with E-state index in [1.807, 2.05) is 13.8 Å². The van der Waals surface area contributed by atoms with Gasteiger partial charge in [-0.15, -0.1) is 0 Å². The largest absolute Gasteiger partial charge is 0.344 e. The Kier molecular flexibility index (Phi) is 3.19. The van der Waals surface area contributed by atoms with E-state index in [-0.39, 0.29) is 6.10 Å². The summed E-state index contributed by atoms with van der Waals surface area (Å²) >= 11 is 0. The summed E-state index contributed by atoms with van der Waals surface area (Å²) in [5.41, 5.74) is 2.76. The van der Waals surface area contributed by atoms with E-state index in [1.165, 1.54) is 11.1 Å². The number of benzene rings is 1. The summed E-state index contributed by atoms with van der Waals surface area (Å²) in [5.74, 6) is -0.455. The van der Waals surface area contributed by atoms with Crippen molar-refractivity contribution < 1.29 is 14.0 Å². The number of hydrogen-bond donors (Lipinski definition) is 0. The van der Waals surface area contributed by atoms with E-state index in [4.69, 9.17) is 9.47 Å². The second-order valence-electron chi connectivity index (χ2n) is 5.92. The zero-order valence-electron chi connectivity index (χ0n) is 11.9. The maximum atomic E-state index is 5.94. The molecule has 0 spiro atoms. The molecule has 102 valence electrons. The van der Waals surface area contributed by atoms with Gasteiger partial charge in [0, 0.05) is 12.0 Å². The van der Waals surface area contributed by atoms with Crippen molar-refractivity contribution in [1.29, 1.82) is 0 Å². The van der Waals surface area contributed by atoms with Gasteiger partial charge in [-0.3, -0.25) is 0 Å². The lowest BCUT2D eigenvalue weighted by molar-refractivity contribution is -0.592. The van der Waals surface area contributed by atoms with Crippen LogP contribution in [0.5, 0.6) is 0 Å². The van der Waals surface area contributed by atoms with E-state index in [1.54, 1.807) is 0 Å². The van der Waals surface area contributed by atoms with Crippen LogP contribution in [-0.4, -0.2) is 41.9 Å². The Labute approximate surface area is 114 Å². The maximum Gasteiger partial charge on any atom is 0.201 e. The summed E-state index contributed by atoms with van der Waals surface area (Å²) in [5, 5.41) is 0. The van der Waals surface area contributed by atoms with Gasteiger partial charge in [0.1, 0.15) is 19.3 Å². The Hall–Kier alpha value is -1.19. The Morgan fingerprint density at radius 2 is 2.05 bits per heavy atom. The first-order valence-electron chi connectivity index (χ1n) is 7.05. The molecule has 0 unspecified atom stereocenters. The summed E-state index contributed by atoms with van der Waals surface area (Å²) in [4.78, 5) is 0. The second-order valence-corrected chi connectivity index (χ2v) is 5.92. The third kappa shape index (κ3) is 2.58. The zero-order valence-corrected chi connectivity index (χ0v) is 11.9. The minimum Gasteiger partial charge on any atom is -0.344 e. The number of hydrogen-bond acceptors (Lipinski definition) is 2. The highest BCUT2D eigenvalue weighted by atomic mass is 16.7. The van der Waals surface area contributed by atoms with Crippen LogP contribution in [0.4, 0.5) is 0 Å². The van der Waals surface area contributed by atoms with Crippen molar-refractivity contribution in [3.8, 4) is 0 Å². The zero-order chi connectivity index (χ0) is 13.5. The molecule has 1 saturated heterocycles. The van der Waals surface area contributed by atoms with E-state index in [9.17, 15) is 0 Å². The summed E-state index contributed by atoms with van der Waals surface area (Å²) in [6, 6.07) is 8.91. The molecule has 2 heterocycles. The molecule has 2 atom stereocenters. The van der Waals surface area contributed by atoms with Crippen molar-refractivity contribution in [2.24, 2.45) is 0 Å². The predicted molar refractivity (Wildman–Crippen MR) is 74.8 cm³/mol. The summed E-state index contributed by atoms with van der Waals surface area (Å²) in [6.07, 6.45) is 3.54. The van der Waals surface area contributed by atoms with Crippen LogP contribution in [0.1, 0.15) is 31.9 Å². The highest BCUT2D eigenvalue weighted by Gasteiger charge is 2.40. The van der Waals surface area contributed by atoms with Crippen LogP contribution in [0.2, 0.25) is 0 Å². The first-order chi connectivity index (χ1) is 9.05. The fourth-order valence-electron chi connectivity index (χ4n) is 2.99. The van der Waals surface area contributed by atoms with Crippen LogP contribution >= 0.6 is 0 Å². The van der Waals surface area contributed by atoms with Gasteiger partial charge in [-0.25, -0.2) is 4.58 Å². The van der Waals surface area contributed by atoms with Gasteiger partial charge in [-0.1, -0.05) is 18.2 Å². The molecule has 3 nitrogen and oxygen atoms in total. The van der Waals surface area contributed by atoms with Gasteiger partial charge in [-0.05, 0) is 32.4 Å². The monoisotopic (exact) mass is 260 g/mol. The highest BCUT2D eigenvalue weighted by Crippen LogP contribution is 2.24. The van der Waals surface area contributed by atoms with Crippen molar-refractivity contribution >= 4 is 6.21 Å². The highest BCUT2D eigenvalue weighted by molar-refractivity contribution is 5.78. The molecule has 0 radical (unpaired) electrons. The fourth-order valence-corrected chi connectivity index (χ4v) is 2.99. The Balaban J connectivity index is 1.83. The van der Waals surface area contributed by atoms with Crippen LogP contribution < -0.4 is 0 Å². The Morgan fingerprint density at radius 3 is 2.84 bits per heavy atom. The lowest BCUT2D eigenvalue weighted by Crippen LogP contribution is -2.53.